The molecule has 150 valence electrons. The maximum absolute atomic E-state index is 13.9. The molecule has 1 amide bonds. The summed E-state index contributed by atoms with van der Waals surface area (Å²) in [7, 11) is 3.25. The van der Waals surface area contributed by atoms with Gasteiger partial charge in [-0.1, -0.05) is 18.2 Å². The predicted molar refractivity (Wildman–Crippen MR) is 106 cm³/mol. The molecule has 0 aromatic heterocycles. The van der Waals surface area contributed by atoms with Crippen LogP contribution in [0.5, 0.6) is 11.5 Å². The Morgan fingerprint density at radius 2 is 1.86 bits per heavy atom. The third-order valence-electron chi connectivity index (χ3n) is 3.91. The van der Waals surface area contributed by atoms with Gasteiger partial charge in [0.15, 0.2) is 18.1 Å². The second-order valence-corrected chi connectivity index (χ2v) is 6.19. The van der Waals surface area contributed by atoms with Crippen molar-refractivity contribution in [2.45, 2.75) is 6.92 Å². The predicted octanol–water partition coefficient (Wildman–Crippen LogP) is 3.48. The second kappa shape index (κ2) is 10.0. The Balaban J connectivity index is 2.32. The van der Waals surface area contributed by atoms with Crippen molar-refractivity contribution in [1.29, 1.82) is 5.26 Å². The lowest BCUT2D eigenvalue weighted by molar-refractivity contribution is -0.130. The van der Waals surface area contributed by atoms with E-state index in [0.29, 0.717) is 23.7 Å². The zero-order valence-corrected chi connectivity index (χ0v) is 16.4. The number of nitrogens with zero attached hydrogens (tertiary/aromatic N) is 2. The zero-order valence-electron chi connectivity index (χ0n) is 16.4. The van der Waals surface area contributed by atoms with Crippen LogP contribution in [0.25, 0.3) is 6.08 Å². The minimum Gasteiger partial charge on any atom is -0.490 e. The summed E-state index contributed by atoms with van der Waals surface area (Å²) in [5, 5.41) is 9.37. The third kappa shape index (κ3) is 5.66. The Bertz CT molecular complexity index is 977. The van der Waals surface area contributed by atoms with Crippen molar-refractivity contribution in [2.75, 3.05) is 27.3 Å². The Hall–Kier alpha value is -3.66. The topological polar surface area (TPSA) is 79.6 Å². The number of hydrogen-bond acceptors (Lipinski definition) is 5. The van der Waals surface area contributed by atoms with Gasteiger partial charge in [-0.3, -0.25) is 9.59 Å². The number of likely N-dealkylation sites (N-methyl/N-ethyl adjacent to an activating group) is 1. The van der Waals surface area contributed by atoms with Gasteiger partial charge in [0.2, 0.25) is 5.78 Å². The Morgan fingerprint density at radius 1 is 1.14 bits per heavy atom. The van der Waals surface area contributed by atoms with Crippen molar-refractivity contribution >= 4 is 17.8 Å². The van der Waals surface area contributed by atoms with Crippen molar-refractivity contribution in [3.05, 3.63) is 65.0 Å². The maximum atomic E-state index is 13.9. The van der Waals surface area contributed by atoms with Crippen molar-refractivity contribution in [3.63, 3.8) is 0 Å². The largest absolute Gasteiger partial charge is 0.490 e. The summed E-state index contributed by atoms with van der Waals surface area (Å²) in [6, 6.07) is 12.1. The molecule has 0 saturated carbocycles. The summed E-state index contributed by atoms with van der Waals surface area (Å²) in [5.74, 6) is -0.885. The smallest absolute Gasteiger partial charge is 0.259 e. The number of nitriles is 1. The quantitative estimate of drug-likeness (QED) is 0.388. The average Bonchev–Trinajstić information content (AvgIpc) is 2.71. The Morgan fingerprint density at radius 3 is 2.48 bits per heavy atom. The molecule has 0 aliphatic rings. The number of hydrogen-bond donors (Lipinski definition) is 0. The fraction of sp³-hybridized carbons (Fsp3) is 0.227. The monoisotopic (exact) mass is 396 g/mol. The highest BCUT2D eigenvalue weighted by molar-refractivity contribution is 6.14. The van der Waals surface area contributed by atoms with Crippen LogP contribution in [0.3, 0.4) is 0 Å². The molecule has 0 N–H and O–H groups in total. The average molecular weight is 396 g/mol. The number of ketones is 1. The van der Waals surface area contributed by atoms with Crippen LogP contribution in [0.2, 0.25) is 0 Å². The summed E-state index contributed by atoms with van der Waals surface area (Å²) in [5.41, 5.74) is 0.113. The minimum atomic E-state index is -0.708. The van der Waals surface area contributed by atoms with Gasteiger partial charge in [-0.15, -0.1) is 0 Å². The summed E-state index contributed by atoms with van der Waals surface area (Å²) in [4.78, 5) is 25.6. The third-order valence-corrected chi connectivity index (χ3v) is 3.91. The molecule has 0 bridgehead atoms. The molecule has 29 heavy (non-hydrogen) atoms. The van der Waals surface area contributed by atoms with Crippen molar-refractivity contribution < 1.29 is 23.5 Å². The molecule has 2 aromatic rings. The molecular formula is C22H21FN2O4. The van der Waals surface area contributed by atoms with Gasteiger partial charge < -0.3 is 14.4 Å². The molecule has 0 radical (unpaired) electrons. The second-order valence-electron chi connectivity index (χ2n) is 6.19. The minimum absolute atomic E-state index is 0.155. The molecule has 0 atom stereocenters. The Labute approximate surface area is 168 Å². The molecule has 0 aliphatic heterocycles. The van der Waals surface area contributed by atoms with Crippen LogP contribution < -0.4 is 9.47 Å². The molecule has 0 unspecified atom stereocenters. The lowest BCUT2D eigenvalue weighted by Gasteiger charge is -2.14. The van der Waals surface area contributed by atoms with E-state index in [-0.39, 0.29) is 23.7 Å². The van der Waals surface area contributed by atoms with Crippen molar-refractivity contribution in [1.82, 2.24) is 4.90 Å². The van der Waals surface area contributed by atoms with Crippen LogP contribution in [-0.4, -0.2) is 43.9 Å². The summed E-state index contributed by atoms with van der Waals surface area (Å²) < 4.78 is 24.9. The molecule has 0 aliphatic carbocycles. The lowest BCUT2D eigenvalue weighted by atomic mass is 10.0. The van der Waals surface area contributed by atoms with Crippen LogP contribution in [0.4, 0.5) is 4.39 Å². The molecule has 7 heteroatoms. The lowest BCUT2D eigenvalue weighted by Crippen LogP contribution is -2.27. The molecular weight excluding hydrogens is 375 g/mol. The number of halogens is 1. The SMILES string of the molecule is CCOc1cc(/C=C(\C#N)C(=O)c2ccccc2F)ccc1OCC(=O)N(C)C. The van der Waals surface area contributed by atoms with E-state index in [1.54, 1.807) is 39.2 Å². The Kier molecular flexibility index (Phi) is 7.49. The fourth-order valence-corrected chi connectivity index (χ4v) is 2.38. The molecule has 0 saturated heterocycles. The van der Waals surface area contributed by atoms with Gasteiger partial charge in [-0.25, -0.2) is 4.39 Å². The number of benzene rings is 2. The van der Waals surface area contributed by atoms with Crippen LogP contribution in [0.1, 0.15) is 22.8 Å². The van der Waals surface area contributed by atoms with E-state index in [0.717, 1.165) is 6.07 Å². The number of rotatable bonds is 8. The number of ether oxygens (including phenoxy) is 2. The number of Topliss-reactive ketones (excluding diaryl/α,β-unsaturated/α-hetero) is 1. The van der Waals surface area contributed by atoms with Gasteiger partial charge in [-0.2, -0.15) is 5.26 Å². The first-order valence-electron chi connectivity index (χ1n) is 8.88. The van der Waals surface area contributed by atoms with Crippen LogP contribution in [0, 0.1) is 17.1 Å². The molecule has 2 rings (SSSR count). The van der Waals surface area contributed by atoms with E-state index in [9.17, 15) is 19.2 Å². The first kappa shape index (κ1) is 21.6. The van der Waals surface area contributed by atoms with Crippen LogP contribution >= 0.6 is 0 Å². The van der Waals surface area contributed by atoms with Crippen molar-refractivity contribution in [3.8, 4) is 17.6 Å². The highest BCUT2D eigenvalue weighted by Crippen LogP contribution is 2.29. The van der Waals surface area contributed by atoms with Gasteiger partial charge in [0.25, 0.3) is 5.91 Å². The van der Waals surface area contributed by atoms with E-state index in [1.807, 2.05) is 6.07 Å². The van der Waals surface area contributed by atoms with E-state index in [4.69, 9.17) is 9.47 Å². The number of carbonyl (C=O) groups excluding carboxylic acids is 2. The summed E-state index contributed by atoms with van der Waals surface area (Å²) >= 11 is 0. The number of amides is 1. The summed E-state index contributed by atoms with van der Waals surface area (Å²) in [6.07, 6.45) is 1.35. The maximum Gasteiger partial charge on any atom is 0.259 e. The first-order chi connectivity index (χ1) is 13.9. The normalized spacial score (nSPS) is 10.8. The summed E-state index contributed by atoms with van der Waals surface area (Å²) in [6.45, 7) is 1.99. The molecule has 0 heterocycles. The standard InChI is InChI=1S/C22H21FN2O4/c1-4-28-20-12-15(9-10-19(20)29-14-21(26)25(2)3)11-16(13-24)22(27)17-7-5-6-8-18(17)23/h5-12H,4,14H2,1-3H3/b16-11+. The van der Waals surface area contributed by atoms with Crippen LogP contribution in [0.15, 0.2) is 48.0 Å². The fourth-order valence-electron chi connectivity index (χ4n) is 2.38. The molecule has 0 fully saturated rings. The molecule has 2 aromatic carbocycles. The van der Waals surface area contributed by atoms with E-state index >= 15 is 0 Å². The number of carbonyl (C=O) groups is 2. The van der Waals surface area contributed by atoms with Gasteiger partial charge in [0.1, 0.15) is 17.5 Å². The van der Waals surface area contributed by atoms with Gasteiger partial charge in [0.05, 0.1) is 12.2 Å². The number of allylic oxidation sites excluding steroid dienone is 1. The van der Waals surface area contributed by atoms with Gasteiger partial charge in [-0.05, 0) is 42.8 Å². The first-order valence-corrected chi connectivity index (χ1v) is 8.88. The zero-order chi connectivity index (χ0) is 21.4. The van der Waals surface area contributed by atoms with E-state index in [2.05, 4.69) is 0 Å². The highest BCUT2D eigenvalue weighted by atomic mass is 19.1. The van der Waals surface area contributed by atoms with Gasteiger partial charge in [0, 0.05) is 14.1 Å². The van der Waals surface area contributed by atoms with E-state index < -0.39 is 11.6 Å². The van der Waals surface area contributed by atoms with Gasteiger partial charge >= 0.3 is 0 Å². The molecule has 0 spiro atoms. The molecule has 6 nitrogen and oxygen atoms in total. The highest BCUT2D eigenvalue weighted by Gasteiger charge is 2.17. The van der Waals surface area contributed by atoms with Crippen molar-refractivity contribution in [2.24, 2.45) is 0 Å². The van der Waals surface area contributed by atoms with E-state index in [1.165, 1.54) is 29.2 Å². The van der Waals surface area contributed by atoms with Crippen LogP contribution in [-0.2, 0) is 4.79 Å².